The average Bonchev–Trinajstić information content (AvgIpc) is 3.03. The molecule has 0 unspecified atom stereocenters. The van der Waals surface area contributed by atoms with Gasteiger partial charge in [0.1, 0.15) is 0 Å². The number of carbonyl (C=O) groups is 1. The van der Waals surface area contributed by atoms with Gasteiger partial charge in [0.2, 0.25) is 5.91 Å². The lowest BCUT2D eigenvalue weighted by molar-refractivity contribution is -0.135. The number of H-pyrrole nitrogens is 1. The third kappa shape index (κ3) is 3.91. The van der Waals surface area contributed by atoms with Crippen LogP contribution in [-0.4, -0.2) is 27.9 Å². The number of aromatic nitrogens is 1. The first-order valence-corrected chi connectivity index (χ1v) is 8.71. The first-order chi connectivity index (χ1) is 12.1. The third-order valence-electron chi connectivity index (χ3n) is 4.53. The van der Waals surface area contributed by atoms with Crippen molar-refractivity contribution in [1.82, 2.24) is 9.88 Å². The van der Waals surface area contributed by atoms with Crippen molar-refractivity contribution in [2.45, 2.75) is 38.9 Å². The lowest BCUT2D eigenvalue weighted by Gasteiger charge is -2.29. The molecule has 25 heavy (non-hydrogen) atoms. The minimum Gasteiger partial charge on any atom is -0.361 e. The van der Waals surface area contributed by atoms with Gasteiger partial charge < -0.3 is 15.6 Å². The van der Waals surface area contributed by atoms with Gasteiger partial charge in [0.25, 0.3) is 0 Å². The molecule has 1 heterocycles. The van der Waals surface area contributed by atoms with Crippen molar-refractivity contribution in [3.05, 3.63) is 71.9 Å². The first-order valence-electron chi connectivity index (χ1n) is 8.71. The molecule has 1 atom stereocenters. The molecule has 1 amide bonds. The average molecular weight is 335 g/mol. The number of hydrogen-bond donors (Lipinski definition) is 2. The molecule has 0 saturated heterocycles. The number of rotatable bonds is 6. The zero-order valence-corrected chi connectivity index (χ0v) is 14.8. The van der Waals surface area contributed by atoms with Crippen LogP contribution in [0.15, 0.2) is 60.8 Å². The molecule has 3 N–H and O–H groups in total. The van der Waals surface area contributed by atoms with Crippen LogP contribution in [0.5, 0.6) is 0 Å². The van der Waals surface area contributed by atoms with E-state index in [0.29, 0.717) is 13.0 Å². The molecule has 0 aliphatic heterocycles. The van der Waals surface area contributed by atoms with Crippen LogP contribution in [0.1, 0.15) is 25.0 Å². The number of carbonyl (C=O) groups excluding carboxylic acids is 1. The highest BCUT2D eigenvalue weighted by Crippen LogP contribution is 2.20. The molecule has 0 radical (unpaired) electrons. The lowest BCUT2D eigenvalue weighted by atomic mass is 10.0. The third-order valence-corrected chi connectivity index (χ3v) is 4.53. The Morgan fingerprint density at radius 1 is 1.08 bits per heavy atom. The number of para-hydroxylation sites is 1. The van der Waals surface area contributed by atoms with Crippen LogP contribution in [0.2, 0.25) is 0 Å². The van der Waals surface area contributed by atoms with Crippen molar-refractivity contribution in [3.63, 3.8) is 0 Å². The van der Waals surface area contributed by atoms with Crippen molar-refractivity contribution in [3.8, 4) is 0 Å². The summed E-state index contributed by atoms with van der Waals surface area (Å²) in [6, 6.07) is 17.7. The summed E-state index contributed by atoms with van der Waals surface area (Å²) in [4.78, 5) is 18.0. The maximum Gasteiger partial charge on any atom is 0.240 e. The zero-order valence-electron chi connectivity index (χ0n) is 14.8. The highest BCUT2D eigenvalue weighted by Gasteiger charge is 2.24. The Kier molecular flexibility index (Phi) is 5.19. The molecule has 3 aromatic rings. The highest BCUT2D eigenvalue weighted by atomic mass is 16.2. The number of amides is 1. The molecule has 2 aromatic carbocycles. The van der Waals surface area contributed by atoms with E-state index < -0.39 is 6.04 Å². The number of nitrogens with one attached hydrogen (secondary N) is 1. The Morgan fingerprint density at radius 2 is 1.76 bits per heavy atom. The van der Waals surface area contributed by atoms with E-state index in [1.807, 2.05) is 73.5 Å². The molecule has 4 heteroatoms. The zero-order chi connectivity index (χ0) is 17.8. The SMILES string of the molecule is CC(C)N(Cc1ccccc1)C(=O)[C@@H](N)Cc1c[nH]c2ccccc12. The van der Waals surface area contributed by atoms with Gasteiger partial charge in [-0.1, -0.05) is 48.5 Å². The van der Waals surface area contributed by atoms with E-state index in [9.17, 15) is 4.79 Å². The van der Waals surface area contributed by atoms with Crippen LogP contribution in [-0.2, 0) is 17.8 Å². The predicted octanol–water partition coefficient (Wildman–Crippen LogP) is 3.47. The lowest BCUT2D eigenvalue weighted by Crippen LogP contribution is -2.47. The molecule has 1 aromatic heterocycles. The molecule has 0 saturated carbocycles. The van der Waals surface area contributed by atoms with Crippen LogP contribution < -0.4 is 5.73 Å². The number of nitrogens with zero attached hydrogens (tertiary/aromatic N) is 1. The number of nitrogens with two attached hydrogens (primary N) is 1. The molecule has 0 aliphatic rings. The second-order valence-electron chi connectivity index (χ2n) is 6.72. The van der Waals surface area contributed by atoms with Gasteiger partial charge in [-0.05, 0) is 37.5 Å². The summed E-state index contributed by atoms with van der Waals surface area (Å²) in [5, 5.41) is 1.13. The predicted molar refractivity (Wildman–Crippen MR) is 102 cm³/mol. The Morgan fingerprint density at radius 3 is 2.48 bits per heavy atom. The topological polar surface area (TPSA) is 62.1 Å². The fraction of sp³-hybridized carbons (Fsp3) is 0.286. The Hall–Kier alpha value is -2.59. The minimum atomic E-state index is -0.551. The Labute approximate surface area is 148 Å². The van der Waals surface area contributed by atoms with Gasteiger partial charge in [-0.3, -0.25) is 4.79 Å². The van der Waals surface area contributed by atoms with Crippen molar-refractivity contribution in [1.29, 1.82) is 0 Å². The highest BCUT2D eigenvalue weighted by molar-refractivity contribution is 5.86. The maximum atomic E-state index is 12.9. The molecule has 0 spiro atoms. The molecular formula is C21H25N3O. The van der Waals surface area contributed by atoms with E-state index in [-0.39, 0.29) is 11.9 Å². The minimum absolute atomic E-state index is 0.0101. The van der Waals surface area contributed by atoms with Gasteiger partial charge in [-0.25, -0.2) is 0 Å². The van der Waals surface area contributed by atoms with Crippen LogP contribution in [0.25, 0.3) is 10.9 Å². The Balaban J connectivity index is 1.75. The smallest absolute Gasteiger partial charge is 0.240 e. The molecule has 4 nitrogen and oxygen atoms in total. The summed E-state index contributed by atoms with van der Waals surface area (Å²) in [6.07, 6.45) is 2.48. The van der Waals surface area contributed by atoms with Crippen molar-refractivity contribution in [2.24, 2.45) is 5.73 Å². The quantitative estimate of drug-likeness (QED) is 0.724. The van der Waals surface area contributed by atoms with Crippen molar-refractivity contribution >= 4 is 16.8 Å². The molecule has 130 valence electrons. The largest absolute Gasteiger partial charge is 0.361 e. The number of benzene rings is 2. The second kappa shape index (κ2) is 7.53. The van der Waals surface area contributed by atoms with Gasteiger partial charge in [0.05, 0.1) is 6.04 Å². The van der Waals surface area contributed by atoms with E-state index in [0.717, 1.165) is 22.0 Å². The normalized spacial score (nSPS) is 12.5. The molecular weight excluding hydrogens is 310 g/mol. The van der Waals surface area contributed by atoms with Gasteiger partial charge in [-0.2, -0.15) is 0 Å². The Bertz CT molecular complexity index is 838. The summed E-state index contributed by atoms with van der Waals surface area (Å²) in [6.45, 7) is 4.64. The van der Waals surface area contributed by atoms with Crippen LogP contribution in [0.3, 0.4) is 0 Å². The summed E-state index contributed by atoms with van der Waals surface area (Å²) in [5.74, 6) is -0.0101. The summed E-state index contributed by atoms with van der Waals surface area (Å²) in [5.41, 5.74) is 9.56. The van der Waals surface area contributed by atoms with Crippen molar-refractivity contribution < 1.29 is 4.79 Å². The van der Waals surface area contributed by atoms with Gasteiger partial charge in [-0.15, -0.1) is 0 Å². The van der Waals surface area contributed by atoms with E-state index in [4.69, 9.17) is 5.73 Å². The number of hydrogen-bond acceptors (Lipinski definition) is 2. The fourth-order valence-corrected chi connectivity index (χ4v) is 3.13. The molecule has 3 rings (SSSR count). The summed E-state index contributed by atoms with van der Waals surface area (Å²) in [7, 11) is 0. The van der Waals surface area contributed by atoms with Gasteiger partial charge in [0, 0.05) is 29.7 Å². The van der Waals surface area contributed by atoms with E-state index in [1.54, 1.807) is 0 Å². The van der Waals surface area contributed by atoms with E-state index >= 15 is 0 Å². The standard InChI is InChI=1S/C21H25N3O/c1-15(2)24(14-16-8-4-3-5-9-16)21(25)19(22)12-17-13-23-20-11-7-6-10-18(17)20/h3-11,13,15,19,23H,12,14,22H2,1-2H3/t19-/m0/s1. The van der Waals surface area contributed by atoms with Crippen LogP contribution in [0.4, 0.5) is 0 Å². The molecule has 0 bridgehead atoms. The molecule has 0 fully saturated rings. The number of fused-ring (bicyclic) bond motifs is 1. The van der Waals surface area contributed by atoms with E-state index in [1.165, 1.54) is 0 Å². The summed E-state index contributed by atoms with van der Waals surface area (Å²) < 4.78 is 0. The maximum absolute atomic E-state index is 12.9. The van der Waals surface area contributed by atoms with Crippen molar-refractivity contribution in [2.75, 3.05) is 0 Å². The van der Waals surface area contributed by atoms with Gasteiger partial charge >= 0.3 is 0 Å². The summed E-state index contributed by atoms with van der Waals surface area (Å²) >= 11 is 0. The first kappa shape index (κ1) is 17.2. The fourth-order valence-electron chi connectivity index (χ4n) is 3.13. The van der Waals surface area contributed by atoms with Gasteiger partial charge in [0.15, 0.2) is 0 Å². The number of aromatic amines is 1. The van der Waals surface area contributed by atoms with Crippen LogP contribution in [0, 0.1) is 0 Å². The van der Waals surface area contributed by atoms with Crippen LogP contribution >= 0.6 is 0 Å². The second-order valence-corrected chi connectivity index (χ2v) is 6.72. The monoisotopic (exact) mass is 335 g/mol. The molecule has 0 aliphatic carbocycles. The van der Waals surface area contributed by atoms with E-state index in [2.05, 4.69) is 11.1 Å².